The molecule has 0 radical (unpaired) electrons. The Kier molecular flexibility index (Phi) is 11.0. The van der Waals surface area contributed by atoms with Gasteiger partial charge in [0.2, 0.25) is 5.82 Å². The fourth-order valence-electron chi connectivity index (χ4n) is 5.51. The number of aromatic nitrogens is 2. The number of fused-ring (bicyclic) bond motifs is 1. The summed E-state index contributed by atoms with van der Waals surface area (Å²) >= 11 is 1.69. The van der Waals surface area contributed by atoms with E-state index >= 15 is 8.78 Å². The monoisotopic (exact) mass is 552 g/mol. The van der Waals surface area contributed by atoms with E-state index in [0.717, 1.165) is 61.0 Å². The van der Waals surface area contributed by atoms with Gasteiger partial charge >= 0.3 is 0 Å². The van der Waals surface area contributed by atoms with Crippen LogP contribution in [0.4, 0.5) is 8.78 Å². The average Bonchev–Trinajstić information content (AvgIpc) is 3.58. The number of thiazole rings is 1. The Morgan fingerprint density at radius 3 is 2.51 bits per heavy atom. The maximum Gasteiger partial charge on any atom is 0.201 e. The zero-order valence-corrected chi connectivity index (χ0v) is 24.4. The van der Waals surface area contributed by atoms with Crippen molar-refractivity contribution in [3.8, 4) is 16.9 Å². The van der Waals surface area contributed by atoms with E-state index in [4.69, 9.17) is 4.74 Å². The number of hydrogen-bond donors (Lipinski definition) is 0. The summed E-state index contributed by atoms with van der Waals surface area (Å²) in [5, 5.41) is 2.23. The van der Waals surface area contributed by atoms with E-state index in [1.807, 2.05) is 36.7 Å². The van der Waals surface area contributed by atoms with Gasteiger partial charge in [0.05, 0.1) is 6.61 Å². The van der Waals surface area contributed by atoms with E-state index < -0.39 is 11.6 Å². The largest absolute Gasteiger partial charge is 0.490 e. The number of nitrogens with zero attached hydrogens (tertiary/aromatic N) is 2. The van der Waals surface area contributed by atoms with Crippen LogP contribution in [0.3, 0.4) is 0 Å². The van der Waals surface area contributed by atoms with E-state index in [1.54, 1.807) is 23.5 Å². The van der Waals surface area contributed by atoms with Crippen LogP contribution in [0.1, 0.15) is 108 Å². The van der Waals surface area contributed by atoms with Crippen molar-refractivity contribution in [3.63, 3.8) is 0 Å². The van der Waals surface area contributed by atoms with Crippen molar-refractivity contribution < 1.29 is 13.5 Å². The van der Waals surface area contributed by atoms with E-state index in [0.29, 0.717) is 18.1 Å². The highest BCUT2D eigenvalue weighted by Gasteiger charge is 2.21. The Morgan fingerprint density at radius 2 is 1.69 bits per heavy atom. The van der Waals surface area contributed by atoms with Crippen molar-refractivity contribution in [2.24, 2.45) is 0 Å². The summed E-state index contributed by atoms with van der Waals surface area (Å²) in [6.07, 6.45) is 14.8. The maximum atomic E-state index is 15.3. The standard InChI is InChI=1S/C33H42F2N2OS/c1-4-6-7-8-9-12-22-38-30-19-18-28(31(34)32(30)35)27-17-11-10-16-26(27)24(3)14-13-15-25(5-2)29-23-39-33-36-20-21-37(29)33/h10-11,16-21,23-25H,4-9,12-15,22H2,1-3H3. The lowest BCUT2D eigenvalue weighted by molar-refractivity contribution is 0.285. The van der Waals surface area contributed by atoms with Gasteiger partial charge in [-0.1, -0.05) is 83.6 Å². The molecule has 2 aromatic carbocycles. The SMILES string of the molecule is CCCCCCCCOc1ccc(-c2ccccc2C(C)CCCC(CC)c2csc3nccn23)c(F)c1F. The molecule has 39 heavy (non-hydrogen) atoms. The molecule has 0 fully saturated rings. The predicted molar refractivity (Wildman–Crippen MR) is 159 cm³/mol. The van der Waals surface area contributed by atoms with Crippen LogP contribution in [0.2, 0.25) is 0 Å². The Bertz CT molecular complexity index is 1310. The predicted octanol–water partition coefficient (Wildman–Crippen LogP) is 10.5. The number of imidazole rings is 1. The summed E-state index contributed by atoms with van der Waals surface area (Å²) in [5.74, 6) is -1.02. The van der Waals surface area contributed by atoms with Crippen molar-refractivity contribution in [1.82, 2.24) is 9.38 Å². The van der Waals surface area contributed by atoms with Crippen molar-refractivity contribution >= 4 is 16.3 Å². The molecule has 0 bridgehead atoms. The molecule has 2 unspecified atom stereocenters. The summed E-state index contributed by atoms with van der Waals surface area (Å²) in [6, 6.07) is 11.1. The highest BCUT2D eigenvalue weighted by molar-refractivity contribution is 7.15. The smallest absolute Gasteiger partial charge is 0.201 e. The lowest BCUT2D eigenvalue weighted by Crippen LogP contribution is -2.04. The molecule has 0 spiro atoms. The van der Waals surface area contributed by atoms with Crippen LogP contribution < -0.4 is 4.74 Å². The molecule has 210 valence electrons. The van der Waals surface area contributed by atoms with Crippen LogP contribution in [0.15, 0.2) is 54.2 Å². The van der Waals surface area contributed by atoms with Gasteiger partial charge in [-0.15, -0.1) is 11.3 Å². The van der Waals surface area contributed by atoms with E-state index in [2.05, 4.69) is 35.5 Å². The molecule has 2 atom stereocenters. The molecule has 4 rings (SSSR count). The van der Waals surface area contributed by atoms with Crippen LogP contribution in [-0.2, 0) is 0 Å². The fourth-order valence-corrected chi connectivity index (χ4v) is 6.44. The first-order chi connectivity index (χ1) is 19.0. The van der Waals surface area contributed by atoms with E-state index in [1.165, 1.54) is 25.0 Å². The van der Waals surface area contributed by atoms with E-state index in [9.17, 15) is 0 Å². The molecule has 0 aliphatic heterocycles. The molecule has 2 heterocycles. The molecule has 2 aromatic heterocycles. The normalized spacial score (nSPS) is 13.2. The second kappa shape index (κ2) is 14.6. The van der Waals surface area contributed by atoms with Gasteiger partial charge in [-0.05, 0) is 54.9 Å². The molecule has 0 aliphatic carbocycles. The number of halogens is 2. The Balaban J connectivity index is 1.38. The highest BCUT2D eigenvalue weighted by Crippen LogP contribution is 2.37. The van der Waals surface area contributed by atoms with Gasteiger partial charge in [-0.2, -0.15) is 4.39 Å². The molecule has 3 nitrogen and oxygen atoms in total. The molecular formula is C33H42F2N2OS. The van der Waals surface area contributed by atoms with Gasteiger partial charge in [-0.25, -0.2) is 9.37 Å². The molecule has 0 amide bonds. The van der Waals surface area contributed by atoms with Crippen LogP contribution in [0.25, 0.3) is 16.1 Å². The minimum atomic E-state index is -0.895. The van der Waals surface area contributed by atoms with Crippen LogP contribution in [0, 0.1) is 11.6 Å². The number of unbranched alkanes of at least 4 members (excludes halogenated alkanes) is 5. The maximum absolute atomic E-state index is 15.3. The topological polar surface area (TPSA) is 26.5 Å². The van der Waals surface area contributed by atoms with Gasteiger partial charge in [0.15, 0.2) is 16.5 Å². The lowest BCUT2D eigenvalue weighted by Gasteiger charge is -2.19. The Labute approximate surface area is 236 Å². The van der Waals surface area contributed by atoms with Gasteiger partial charge in [-0.3, -0.25) is 4.40 Å². The van der Waals surface area contributed by atoms with Gasteiger partial charge in [0.1, 0.15) is 0 Å². The van der Waals surface area contributed by atoms with Gasteiger partial charge in [0, 0.05) is 34.9 Å². The highest BCUT2D eigenvalue weighted by atomic mass is 32.1. The summed E-state index contributed by atoms with van der Waals surface area (Å²) in [7, 11) is 0. The summed E-state index contributed by atoms with van der Waals surface area (Å²) < 4.78 is 38.1. The first kappa shape index (κ1) is 29.3. The summed E-state index contributed by atoms with van der Waals surface area (Å²) in [4.78, 5) is 5.45. The minimum absolute atomic E-state index is 0.00127. The molecule has 4 aromatic rings. The average molecular weight is 553 g/mol. The zero-order valence-electron chi connectivity index (χ0n) is 23.6. The second-order valence-electron chi connectivity index (χ2n) is 10.6. The number of ether oxygens (including phenoxy) is 1. The van der Waals surface area contributed by atoms with Crippen LogP contribution >= 0.6 is 11.3 Å². The Hall–Kier alpha value is -2.73. The van der Waals surface area contributed by atoms with Crippen molar-refractivity contribution in [2.45, 2.75) is 96.8 Å². The third-order valence-corrected chi connectivity index (χ3v) is 8.73. The van der Waals surface area contributed by atoms with Crippen molar-refractivity contribution in [1.29, 1.82) is 0 Å². The molecule has 0 saturated carbocycles. The zero-order chi connectivity index (χ0) is 27.6. The molecule has 0 N–H and O–H groups in total. The van der Waals surface area contributed by atoms with Crippen molar-refractivity contribution in [2.75, 3.05) is 6.61 Å². The molecular weight excluding hydrogens is 510 g/mol. The van der Waals surface area contributed by atoms with Gasteiger partial charge in [0.25, 0.3) is 0 Å². The fraction of sp³-hybridized carbons (Fsp3) is 0.485. The third kappa shape index (κ3) is 7.27. The molecule has 0 aliphatic rings. The molecule has 0 saturated heterocycles. The quantitative estimate of drug-likeness (QED) is 0.129. The lowest BCUT2D eigenvalue weighted by atomic mass is 9.86. The number of hydrogen-bond acceptors (Lipinski definition) is 3. The second-order valence-corrected chi connectivity index (χ2v) is 11.5. The summed E-state index contributed by atoms with van der Waals surface area (Å²) in [5.41, 5.74) is 3.44. The van der Waals surface area contributed by atoms with E-state index in [-0.39, 0.29) is 11.7 Å². The third-order valence-electron chi connectivity index (χ3n) is 7.86. The first-order valence-corrected chi connectivity index (χ1v) is 15.5. The first-order valence-electron chi connectivity index (χ1n) is 14.7. The Morgan fingerprint density at radius 1 is 0.897 bits per heavy atom. The van der Waals surface area contributed by atoms with Crippen LogP contribution in [-0.4, -0.2) is 16.0 Å². The molecule has 6 heteroatoms. The van der Waals surface area contributed by atoms with Gasteiger partial charge < -0.3 is 4.74 Å². The van der Waals surface area contributed by atoms with Crippen LogP contribution in [0.5, 0.6) is 5.75 Å². The summed E-state index contributed by atoms with van der Waals surface area (Å²) in [6.45, 7) is 7.02. The minimum Gasteiger partial charge on any atom is -0.490 e. The van der Waals surface area contributed by atoms with Crippen molar-refractivity contribution in [3.05, 3.63) is 77.1 Å². The number of rotatable bonds is 16. The number of benzene rings is 2.